The van der Waals surface area contributed by atoms with Crippen LogP contribution in [0.4, 0.5) is 11.4 Å². The summed E-state index contributed by atoms with van der Waals surface area (Å²) in [5.74, 6) is 0. The molecule has 0 saturated heterocycles. The minimum absolute atomic E-state index is 0.392. The van der Waals surface area contributed by atoms with Crippen LogP contribution in [0, 0.1) is 11.3 Å². The molecule has 0 aliphatic heterocycles. The molecule has 2 rings (SSSR count). The second-order valence-corrected chi connectivity index (χ2v) is 5.13. The van der Waals surface area contributed by atoms with Crippen molar-refractivity contribution in [3.8, 4) is 6.07 Å². The fourth-order valence-corrected chi connectivity index (χ4v) is 2.40. The molecule has 0 heterocycles. The van der Waals surface area contributed by atoms with Gasteiger partial charge < -0.3 is 4.90 Å². The summed E-state index contributed by atoms with van der Waals surface area (Å²) in [6.07, 6.45) is 1.23. The number of carbonyl (C=O) groups excluding carboxylic acids is 1. The average molecular weight is 329 g/mol. The number of para-hydroxylation sites is 1. The fraction of sp³-hybridized carbons (Fsp3) is 0.125. The van der Waals surface area contributed by atoms with E-state index in [1.54, 1.807) is 6.07 Å². The lowest BCUT2D eigenvalue weighted by atomic mass is 10.1. The zero-order valence-corrected chi connectivity index (χ0v) is 12.4. The summed E-state index contributed by atoms with van der Waals surface area (Å²) in [4.78, 5) is 13.3. The number of hydrogen-bond acceptors (Lipinski definition) is 3. The number of nitriles is 1. The predicted molar refractivity (Wildman–Crippen MR) is 83.2 cm³/mol. The quantitative estimate of drug-likeness (QED) is 0.768. The van der Waals surface area contributed by atoms with E-state index in [-0.39, 0.29) is 0 Å². The van der Waals surface area contributed by atoms with E-state index in [1.165, 1.54) is 0 Å². The number of nitrogens with zero attached hydrogens (tertiary/aromatic N) is 2. The van der Waals surface area contributed by atoms with Gasteiger partial charge in [0.05, 0.1) is 18.2 Å². The number of halogens is 1. The second-order valence-electron chi connectivity index (χ2n) is 4.22. The standard InChI is InChI=1S/C16H13BrN2O/c17-14-7-8-16(13(11-14)12-20)19(10-4-9-18)15-5-2-1-3-6-15/h1-3,5-8,11-12H,4,10H2. The van der Waals surface area contributed by atoms with Gasteiger partial charge in [-0.25, -0.2) is 0 Å². The van der Waals surface area contributed by atoms with Crippen LogP contribution in [0.15, 0.2) is 53.0 Å². The highest BCUT2D eigenvalue weighted by Crippen LogP contribution is 2.29. The maximum atomic E-state index is 11.3. The van der Waals surface area contributed by atoms with Crippen LogP contribution in [-0.4, -0.2) is 12.8 Å². The topological polar surface area (TPSA) is 44.1 Å². The Kier molecular flexibility index (Phi) is 4.91. The molecule has 2 aromatic rings. The number of benzene rings is 2. The van der Waals surface area contributed by atoms with Crippen molar-refractivity contribution in [2.45, 2.75) is 6.42 Å². The molecule has 0 amide bonds. The number of anilines is 2. The Hall–Kier alpha value is -2.12. The molecule has 0 N–H and O–H groups in total. The van der Waals surface area contributed by atoms with Crippen LogP contribution in [0.1, 0.15) is 16.8 Å². The van der Waals surface area contributed by atoms with E-state index in [4.69, 9.17) is 5.26 Å². The summed E-state index contributed by atoms with van der Waals surface area (Å²) < 4.78 is 0.858. The summed E-state index contributed by atoms with van der Waals surface area (Å²) in [7, 11) is 0. The van der Waals surface area contributed by atoms with Crippen LogP contribution < -0.4 is 4.90 Å². The van der Waals surface area contributed by atoms with Crippen molar-refractivity contribution >= 4 is 33.6 Å². The molecule has 20 heavy (non-hydrogen) atoms. The van der Waals surface area contributed by atoms with E-state index >= 15 is 0 Å². The van der Waals surface area contributed by atoms with Gasteiger partial charge in [0.2, 0.25) is 0 Å². The number of carbonyl (C=O) groups is 1. The number of hydrogen-bond donors (Lipinski definition) is 0. The van der Waals surface area contributed by atoms with Gasteiger partial charge >= 0.3 is 0 Å². The Morgan fingerprint density at radius 3 is 2.60 bits per heavy atom. The average Bonchev–Trinajstić information content (AvgIpc) is 2.49. The Morgan fingerprint density at radius 1 is 1.20 bits per heavy atom. The van der Waals surface area contributed by atoms with Gasteiger partial charge in [-0.1, -0.05) is 34.1 Å². The third-order valence-corrected chi connectivity index (χ3v) is 3.42. The summed E-state index contributed by atoms with van der Waals surface area (Å²) in [5, 5.41) is 8.83. The van der Waals surface area contributed by atoms with Crippen molar-refractivity contribution in [3.05, 3.63) is 58.6 Å². The lowest BCUT2D eigenvalue weighted by Gasteiger charge is -2.25. The van der Waals surface area contributed by atoms with Crippen molar-refractivity contribution < 1.29 is 4.79 Å². The second kappa shape index (κ2) is 6.88. The molecule has 0 radical (unpaired) electrons. The Morgan fingerprint density at radius 2 is 1.95 bits per heavy atom. The molecule has 0 aromatic heterocycles. The van der Waals surface area contributed by atoms with E-state index in [9.17, 15) is 4.79 Å². The molecule has 0 aliphatic rings. The van der Waals surface area contributed by atoms with Crippen molar-refractivity contribution in [2.24, 2.45) is 0 Å². The van der Waals surface area contributed by atoms with Crippen LogP contribution in [0.3, 0.4) is 0 Å². The third kappa shape index (κ3) is 3.25. The van der Waals surface area contributed by atoms with Crippen LogP contribution >= 0.6 is 15.9 Å². The van der Waals surface area contributed by atoms with Crippen LogP contribution in [0.2, 0.25) is 0 Å². The van der Waals surface area contributed by atoms with E-state index in [2.05, 4.69) is 22.0 Å². The zero-order chi connectivity index (χ0) is 14.4. The molecular weight excluding hydrogens is 316 g/mol. The smallest absolute Gasteiger partial charge is 0.152 e. The maximum Gasteiger partial charge on any atom is 0.152 e. The predicted octanol–water partition coefficient (Wildman–Crippen LogP) is 4.31. The Bertz CT molecular complexity index is 635. The molecule has 0 unspecified atom stereocenters. The van der Waals surface area contributed by atoms with Gasteiger partial charge in [0.25, 0.3) is 0 Å². The zero-order valence-electron chi connectivity index (χ0n) is 10.8. The van der Waals surface area contributed by atoms with Gasteiger partial charge in [-0.05, 0) is 30.3 Å². The largest absolute Gasteiger partial charge is 0.340 e. The molecule has 0 aliphatic carbocycles. The van der Waals surface area contributed by atoms with E-state index in [1.807, 2.05) is 47.4 Å². The first-order valence-corrected chi connectivity index (χ1v) is 7.00. The van der Waals surface area contributed by atoms with Crippen LogP contribution in [0.5, 0.6) is 0 Å². The molecular formula is C16H13BrN2O. The summed E-state index contributed by atoms with van der Waals surface area (Å²) in [5.41, 5.74) is 2.37. The highest BCUT2D eigenvalue weighted by molar-refractivity contribution is 9.10. The first kappa shape index (κ1) is 14.3. The first-order chi connectivity index (χ1) is 9.76. The molecule has 100 valence electrons. The fourth-order valence-electron chi connectivity index (χ4n) is 2.02. The lowest BCUT2D eigenvalue weighted by molar-refractivity contribution is 0.112. The Balaban J connectivity index is 2.47. The summed E-state index contributed by atoms with van der Waals surface area (Å²) in [6.45, 7) is 0.545. The summed E-state index contributed by atoms with van der Waals surface area (Å²) >= 11 is 3.37. The lowest BCUT2D eigenvalue weighted by Crippen LogP contribution is -2.19. The van der Waals surface area contributed by atoms with Crippen molar-refractivity contribution in [3.63, 3.8) is 0 Å². The molecule has 0 fully saturated rings. The van der Waals surface area contributed by atoms with E-state index in [0.29, 0.717) is 18.5 Å². The maximum absolute atomic E-state index is 11.3. The normalized spacial score (nSPS) is 9.80. The van der Waals surface area contributed by atoms with Gasteiger partial charge in [0.15, 0.2) is 6.29 Å². The molecule has 3 nitrogen and oxygen atoms in total. The van der Waals surface area contributed by atoms with Gasteiger partial charge in [-0.15, -0.1) is 0 Å². The minimum Gasteiger partial charge on any atom is -0.340 e. The minimum atomic E-state index is 0.392. The van der Waals surface area contributed by atoms with E-state index in [0.717, 1.165) is 22.1 Å². The molecule has 0 bridgehead atoms. The molecule has 2 aromatic carbocycles. The molecule has 0 spiro atoms. The highest BCUT2D eigenvalue weighted by atomic mass is 79.9. The SMILES string of the molecule is N#CCCN(c1ccccc1)c1ccc(Br)cc1C=O. The third-order valence-electron chi connectivity index (χ3n) is 2.92. The van der Waals surface area contributed by atoms with E-state index < -0.39 is 0 Å². The first-order valence-electron chi connectivity index (χ1n) is 6.20. The van der Waals surface area contributed by atoms with Gasteiger partial charge in [-0.2, -0.15) is 5.26 Å². The Labute approximate surface area is 126 Å². The highest BCUT2D eigenvalue weighted by Gasteiger charge is 2.13. The van der Waals surface area contributed by atoms with Crippen molar-refractivity contribution in [1.82, 2.24) is 0 Å². The summed E-state index contributed by atoms with van der Waals surface area (Å²) in [6, 6.07) is 17.5. The molecule has 0 atom stereocenters. The number of aldehydes is 1. The van der Waals surface area contributed by atoms with Gasteiger partial charge in [0, 0.05) is 22.3 Å². The van der Waals surface area contributed by atoms with Gasteiger partial charge in [0.1, 0.15) is 0 Å². The van der Waals surface area contributed by atoms with Crippen LogP contribution in [-0.2, 0) is 0 Å². The van der Waals surface area contributed by atoms with Crippen molar-refractivity contribution in [1.29, 1.82) is 5.26 Å². The van der Waals surface area contributed by atoms with Crippen molar-refractivity contribution in [2.75, 3.05) is 11.4 Å². The van der Waals surface area contributed by atoms with Crippen LogP contribution in [0.25, 0.3) is 0 Å². The van der Waals surface area contributed by atoms with Gasteiger partial charge in [-0.3, -0.25) is 4.79 Å². The number of rotatable bonds is 5. The molecule has 4 heteroatoms. The monoisotopic (exact) mass is 328 g/mol. The molecule has 0 saturated carbocycles.